The van der Waals surface area contributed by atoms with Crippen LogP contribution in [0.1, 0.15) is 30.7 Å². The van der Waals surface area contributed by atoms with E-state index in [0.717, 1.165) is 54.6 Å². The molecule has 2 heterocycles. The van der Waals surface area contributed by atoms with Crippen LogP contribution >= 0.6 is 11.6 Å². The first-order chi connectivity index (χ1) is 9.78. The molecule has 1 aliphatic rings. The first-order valence-corrected chi connectivity index (χ1v) is 7.77. The van der Waals surface area contributed by atoms with Gasteiger partial charge in [0, 0.05) is 26.0 Å². The highest BCUT2D eigenvalue weighted by Crippen LogP contribution is 2.28. The number of rotatable bonds is 7. The molecule has 1 aliphatic carbocycles. The molecule has 0 atom stereocenters. The Morgan fingerprint density at radius 2 is 2.30 bits per heavy atom. The van der Waals surface area contributed by atoms with Crippen LogP contribution in [-0.2, 0) is 17.2 Å². The van der Waals surface area contributed by atoms with E-state index in [1.165, 1.54) is 12.8 Å². The fourth-order valence-corrected chi connectivity index (χ4v) is 2.56. The number of fused-ring (bicyclic) bond motifs is 1. The third kappa shape index (κ3) is 3.13. The molecule has 3 rings (SSSR count). The predicted octanol–water partition coefficient (Wildman–Crippen LogP) is 3.30. The van der Waals surface area contributed by atoms with Crippen LogP contribution in [0.5, 0.6) is 0 Å². The van der Waals surface area contributed by atoms with Gasteiger partial charge in [-0.3, -0.25) is 0 Å². The molecule has 0 amide bonds. The number of pyridine rings is 1. The Labute approximate surface area is 124 Å². The minimum absolute atomic E-state index is 0.415. The standard InChI is InChI=1S/C15H20ClN3O/c1-11-7-13-15(17-9-11)19(14(8-16)18-13)5-2-6-20-10-12-3-4-12/h7,9,12H,2-6,8,10H2,1H3. The van der Waals surface area contributed by atoms with Gasteiger partial charge >= 0.3 is 0 Å². The summed E-state index contributed by atoms with van der Waals surface area (Å²) < 4.78 is 7.79. The van der Waals surface area contributed by atoms with Crippen LogP contribution in [0.4, 0.5) is 0 Å². The quantitative estimate of drug-likeness (QED) is 0.581. The number of hydrogen-bond donors (Lipinski definition) is 0. The average molecular weight is 294 g/mol. The van der Waals surface area contributed by atoms with Gasteiger partial charge in [0.2, 0.25) is 0 Å². The smallest absolute Gasteiger partial charge is 0.160 e. The van der Waals surface area contributed by atoms with E-state index >= 15 is 0 Å². The minimum atomic E-state index is 0.415. The molecule has 20 heavy (non-hydrogen) atoms. The predicted molar refractivity (Wildman–Crippen MR) is 80.0 cm³/mol. The molecule has 0 aromatic carbocycles. The molecule has 4 nitrogen and oxygen atoms in total. The van der Waals surface area contributed by atoms with Crippen molar-refractivity contribution in [3.8, 4) is 0 Å². The molecular weight excluding hydrogens is 274 g/mol. The van der Waals surface area contributed by atoms with Gasteiger partial charge in [-0.2, -0.15) is 0 Å². The lowest BCUT2D eigenvalue weighted by molar-refractivity contribution is 0.119. The molecule has 0 bridgehead atoms. The van der Waals surface area contributed by atoms with E-state index in [4.69, 9.17) is 16.3 Å². The van der Waals surface area contributed by atoms with Crippen molar-refractivity contribution in [3.63, 3.8) is 0 Å². The number of aromatic nitrogens is 3. The number of aryl methyl sites for hydroxylation is 2. The second kappa shape index (κ2) is 6.10. The zero-order valence-corrected chi connectivity index (χ0v) is 12.6. The summed E-state index contributed by atoms with van der Waals surface area (Å²) >= 11 is 5.99. The summed E-state index contributed by atoms with van der Waals surface area (Å²) in [6.45, 7) is 4.60. The maximum absolute atomic E-state index is 5.99. The van der Waals surface area contributed by atoms with Gasteiger partial charge in [0.05, 0.1) is 5.88 Å². The van der Waals surface area contributed by atoms with Crippen molar-refractivity contribution >= 4 is 22.8 Å². The molecule has 5 heteroatoms. The average Bonchev–Trinajstić information content (AvgIpc) is 3.20. The van der Waals surface area contributed by atoms with Gasteiger partial charge in [0.15, 0.2) is 5.65 Å². The van der Waals surface area contributed by atoms with Crippen molar-refractivity contribution in [1.82, 2.24) is 14.5 Å². The Morgan fingerprint density at radius 1 is 1.45 bits per heavy atom. The van der Waals surface area contributed by atoms with Crippen molar-refractivity contribution in [1.29, 1.82) is 0 Å². The lowest BCUT2D eigenvalue weighted by Crippen LogP contribution is -2.07. The molecule has 108 valence electrons. The maximum Gasteiger partial charge on any atom is 0.160 e. The van der Waals surface area contributed by atoms with Crippen molar-refractivity contribution in [2.24, 2.45) is 5.92 Å². The van der Waals surface area contributed by atoms with Crippen molar-refractivity contribution in [3.05, 3.63) is 23.7 Å². The van der Waals surface area contributed by atoms with E-state index in [1.807, 2.05) is 13.1 Å². The van der Waals surface area contributed by atoms with Crippen LogP contribution in [0.25, 0.3) is 11.2 Å². The second-order valence-electron chi connectivity index (χ2n) is 5.54. The first kappa shape index (κ1) is 13.8. The monoisotopic (exact) mass is 293 g/mol. The van der Waals surface area contributed by atoms with Crippen LogP contribution in [-0.4, -0.2) is 27.7 Å². The third-order valence-corrected chi connectivity index (χ3v) is 3.88. The van der Waals surface area contributed by atoms with Crippen LogP contribution in [0, 0.1) is 12.8 Å². The highest BCUT2D eigenvalue weighted by atomic mass is 35.5. The van der Waals surface area contributed by atoms with Gasteiger partial charge in [-0.15, -0.1) is 11.6 Å². The Balaban J connectivity index is 1.65. The number of ether oxygens (including phenoxy) is 1. The number of alkyl halides is 1. The van der Waals surface area contributed by atoms with E-state index in [0.29, 0.717) is 5.88 Å². The lowest BCUT2D eigenvalue weighted by Gasteiger charge is -2.07. The summed E-state index contributed by atoms with van der Waals surface area (Å²) in [6, 6.07) is 2.05. The van der Waals surface area contributed by atoms with E-state index in [-0.39, 0.29) is 0 Å². The molecule has 2 aromatic heterocycles. The highest BCUT2D eigenvalue weighted by molar-refractivity contribution is 6.16. The summed E-state index contributed by atoms with van der Waals surface area (Å²) in [5, 5.41) is 0. The molecule has 0 radical (unpaired) electrons. The largest absolute Gasteiger partial charge is 0.381 e. The van der Waals surface area contributed by atoms with Gasteiger partial charge in [-0.25, -0.2) is 9.97 Å². The Kier molecular flexibility index (Phi) is 4.22. The van der Waals surface area contributed by atoms with E-state index in [9.17, 15) is 0 Å². The molecule has 1 fully saturated rings. The molecule has 0 saturated heterocycles. The molecule has 0 unspecified atom stereocenters. The fourth-order valence-electron chi connectivity index (χ4n) is 2.35. The van der Waals surface area contributed by atoms with Gasteiger partial charge < -0.3 is 9.30 Å². The van der Waals surface area contributed by atoms with E-state index in [1.54, 1.807) is 0 Å². The number of nitrogens with zero attached hydrogens (tertiary/aromatic N) is 3. The highest BCUT2D eigenvalue weighted by Gasteiger charge is 2.20. The molecule has 2 aromatic rings. The van der Waals surface area contributed by atoms with E-state index in [2.05, 4.69) is 20.6 Å². The van der Waals surface area contributed by atoms with Gasteiger partial charge in [0.1, 0.15) is 11.3 Å². The maximum atomic E-state index is 5.99. The minimum Gasteiger partial charge on any atom is -0.381 e. The molecule has 1 saturated carbocycles. The first-order valence-electron chi connectivity index (χ1n) is 7.23. The third-order valence-electron chi connectivity index (χ3n) is 3.64. The van der Waals surface area contributed by atoms with Gasteiger partial charge in [-0.05, 0) is 43.7 Å². The molecule has 0 N–H and O–H groups in total. The number of imidazole rings is 1. The van der Waals surface area contributed by atoms with Gasteiger partial charge in [-0.1, -0.05) is 0 Å². The van der Waals surface area contributed by atoms with Crippen LogP contribution in [0.3, 0.4) is 0 Å². The number of halogens is 1. The Bertz CT molecular complexity index is 592. The SMILES string of the molecule is Cc1cnc2c(c1)nc(CCl)n2CCCOCC1CC1. The zero-order chi connectivity index (χ0) is 13.9. The van der Waals surface area contributed by atoms with Crippen LogP contribution in [0.2, 0.25) is 0 Å². The molecule has 0 spiro atoms. The summed E-state index contributed by atoms with van der Waals surface area (Å²) in [6.07, 6.45) is 5.53. The second-order valence-corrected chi connectivity index (χ2v) is 5.81. The summed E-state index contributed by atoms with van der Waals surface area (Å²) in [5.41, 5.74) is 2.98. The van der Waals surface area contributed by atoms with Crippen molar-refractivity contribution in [2.45, 2.75) is 38.6 Å². The topological polar surface area (TPSA) is 39.9 Å². The zero-order valence-electron chi connectivity index (χ0n) is 11.8. The fraction of sp³-hybridized carbons (Fsp3) is 0.600. The Morgan fingerprint density at radius 3 is 3.05 bits per heavy atom. The van der Waals surface area contributed by atoms with Crippen molar-refractivity contribution in [2.75, 3.05) is 13.2 Å². The normalized spacial score (nSPS) is 15.1. The lowest BCUT2D eigenvalue weighted by atomic mass is 10.3. The van der Waals surface area contributed by atoms with Crippen LogP contribution < -0.4 is 0 Å². The van der Waals surface area contributed by atoms with Gasteiger partial charge in [0.25, 0.3) is 0 Å². The summed E-state index contributed by atoms with van der Waals surface area (Å²) in [7, 11) is 0. The molecule has 0 aliphatic heterocycles. The van der Waals surface area contributed by atoms with Crippen molar-refractivity contribution < 1.29 is 4.74 Å². The molecular formula is C15H20ClN3O. The summed E-state index contributed by atoms with van der Waals surface area (Å²) in [4.78, 5) is 9.04. The number of hydrogen-bond acceptors (Lipinski definition) is 3. The van der Waals surface area contributed by atoms with Crippen LogP contribution in [0.15, 0.2) is 12.3 Å². The summed E-state index contributed by atoms with van der Waals surface area (Å²) in [5.74, 6) is 2.13. The Hall–Kier alpha value is -1.13. The van der Waals surface area contributed by atoms with E-state index < -0.39 is 0 Å².